The van der Waals surface area contributed by atoms with Gasteiger partial charge >= 0.3 is 0 Å². The van der Waals surface area contributed by atoms with E-state index in [2.05, 4.69) is 36.2 Å². The second kappa shape index (κ2) is 4.12. The molecule has 16 heavy (non-hydrogen) atoms. The van der Waals surface area contributed by atoms with Crippen molar-refractivity contribution in [3.63, 3.8) is 0 Å². The first kappa shape index (κ1) is 10.9. The maximum Gasteiger partial charge on any atom is 0.0659 e. The summed E-state index contributed by atoms with van der Waals surface area (Å²) in [5.41, 5.74) is 6.79. The van der Waals surface area contributed by atoms with Gasteiger partial charge in [-0.1, -0.05) is 25.5 Å². The molecule has 1 N–H and O–H groups in total. The Hall–Kier alpha value is -1.57. The molecular weight excluding hydrogens is 196 g/mol. The predicted molar refractivity (Wildman–Crippen MR) is 71.6 cm³/mol. The van der Waals surface area contributed by atoms with Crippen LogP contribution >= 0.6 is 0 Å². The fourth-order valence-corrected chi connectivity index (χ4v) is 2.29. The topological polar surface area (TPSA) is 28.7 Å². The zero-order valence-electron chi connectivity index (χ0n) is 10.4. The lowest BCUT2D eigenvalue weighted by molar-refractivity contribution is 1.12. The van der Waals surface area contributed by atoms with Crippen molar-refractivity contribution in [1.29, 1.82) is 0 Å². The summed E-state index contributed by atoms with van der Waals surface area (Å²) in [6.07, 6.45) is 5.28. The average Bonchev–Trinajstić information content (AvgIpc) is 2.87. The third-order valence-electron chi connectivity index (χ3n) is 3.03. The lowest BCUT2D eigenvalue weighted by atomic mass is 10.00. The van der Waals surface area contributed by atoms with Crippen molar-refractivity contribution >= 4 is 17.0 Å². The van der Waals surface area contributed by atoms with Gasteiger partial charge in [0.05, 0.1) is 11.7 Å². The second-order valence-electron chi connectivity index (χ2n) is 4.07. The molecule has 0 unspecified atom stereocenters. The van der Waals surface area contributed by atoms with Gasteiger partial charge in [-0.15, -0.1) is 0 Å². The van der Waals surface area contributed by atoms with E-state index >= 15 is 0 Å². The van der Waals surface area contributed by atoms with Gasteiger partial charge in [0.2, 0.25) is 0 Å². The Morgan fingerprint density at radius 3 is 2.81 bits per heavy atom. The molecule has 1 aromatic heterocycles. The zero-order valence-corrected chi connectivity index (χ0v) is 10.4. The van der Waals surface area contributed by atoms with Crippen LogP contribution in [0.3, 0.4) is 0 Å². The summed E-state index contributed by atoms with van der Waals surface area (Å²) < 4.78 is 0. The minimum absolute atomic E-state index is 0. The molecule has 1 aromatic carbocycles. The van der Waals surface area contributed by atoms with E-state index in [0.29, 0.717) is 0 Å². The highest BCUT2D eigenvalue weighted by atomic mass is 15.1. The largest absolute Gasteiger partial charge is 0.278 e. The predicted octanol–water partition coefficient (Wildman–Crippen LogP) is 4.10. The number of aryl methyl sites for hydroxylation is 1. The number of hydrogen-bond acceptors (Lipinski definition) is 1. The molecule has 0 fully saturated rings. The molecule has 2 aromatic rings. The van der Waals surface area contributed by atoms with Crippen LogP contribution in [0.4, 0.5) is 0 Å². The number of benzene rings is 1. The van der Waals surface area contributed by atoms with E-state index in [1.807, 2.05) is 20.0 Å². The minimum Gasteiger partial charge on any atom is -0.278 e. The molecular formula is C14H20N2. The number of H-pyrrole nitrogens is 1. The van der Waals surface area contributed by atoms with Crippen molar-refractivity contribution in [2.45, 2.75) is 34.1 Å². The third-order valence-corrected chi connectivity index (χ3v) is 3.03. The molecule has 0 amide bonds. The molecule has 3 rings (SSSR count). The average molecular weight is 216 g/mol. The number of allylic oxidation sites excluding steroid dienone is 1. The van der Waals surface area contributed by atoms with Gasteiger partial charge < -0.3 is 0 Å². The van der Waals surface area contributed by atoms with Crippen LogP contribution in [-0.4, -0.2) is 10.2 Å². The fourth-order valence-electron chi connectivity index (χ4n) is 2.29. The summed E-state index contributed by atoms with van der Waals surface area (Å²) in [6, 6.07) is 2.20. The Morgan fingerprint density at radius 1 is 1.31 bits per heavy atom. The summed E-state index contributed by atoms with van der Waals surface area (Å²) in [4.78, 5) is 0. The number of nitrogens with zero attached hydrogens (tertiary/aromatic N) is 1. The SMILES string of the molecule is CC.CC1=Cc2cc3[nH]ncc3c(C)c2C1.[HH]. The van der Waals surface area contributed by atoms with E-state index in [-0.39, 0.29) is 1.43 Å². The molecule has 0 saturated carbocycles. The number of fused-ring (bicyclic) bond motifs is 2. The maximum absolute atomic E-state index is 4.08. The van der Waals surface area contributed by atoms with Crippen molar-refractivity contribution in [3.8, 4) is 0 Å². The van der Waals surface area contributed by atoms with Gasteiger partial charge in [0.15, 0.2) is 0 Å². The first-order chi connectivity index (χ1) is 7.75. The lowest BCUT2D eigenvalue weighted by Gasteiger charge is -2.04. The second-order valence-corrected chi connectivity index (χ2v) is 4.07. The van der Waals surface area contributed by atoms with E-state index in [1.165, 1.54) is 27.6 Å². The Labute approximate surface area is 97.9 Å². The van der Waals surface area contributed by atoms with Crippen molar-refractivity contribution in [3.05, 3.63) is 34.5 Å². The molecule has 2 nitrogen and oxygen atoms in total. The Balaban J connectivity index is 0.000000459. The number of aromatic nitrogens is 2. The maximum atomic E-state index is 4.08. The molecule has 0 saturated heterocycles. The van der Waals surface area contributed by atoms with Gasteiger partial charge in [-0.05, 0) is 43.0 Å². The molecule has 1 aliphatic carbocycles. The van der Waals surface area contributed by atoms with E-state index in [9.17, 15) is 0 Å². The van der Waals surface area contributed by atoms with E-state index in [1.54, 1.807) is 0 Å². The Bertz CT molecular complexity index is 553. The number of nitrogens with one attached hydrogen (secondary N) is 1. The monoisotopic (exact) mass is 216 g/mol. The van der Waals surface area contributed by atoms with E-state index in [0.717, 1.165) is 11.9 Å². The standard InChI is InChI=1S/C12H12N2.C2H6.H2/c1-7-3-9-5-12-11(6-13-14-12)8(2)10(9)4-7;1-2;/h3,5-6H,4H2,1-2H3,(H,13,14);1-2H3;1H. The lowest BCUT2D eigenvalue weighted by Crippen LogP contribution is -1.89. The number of rotatable bonds is 0. The normalized spacial score (nSPS) is 13.1. The van der Waals surface area contributed by atoms with Crippen molar-refractivity contribution in [2.24, 2.45) is 0 Å². The van der Waals surface area contributed by atoms with Gasteiger partial charge in [-0.3, -0.25) is 5.10 Å². The van der Waals surface area contributed by atoms with Crippen LogP contribution in [0, 0.1) is 6.92 Å². The summed E-state index contributed by atoms with van der Waals surface area (Å²) in [7, 11) is 0. The zero-order chi connectivity index (χ0) is 11.7. The van der Waals surface area contributed by atoms with Gasteiger partial charge in [0.1, 0.15) is 0 Å². The molecule has 1 aliphatic rings. The molecule has 0 bridgehead atoms. The van der Waals surface area contributed by atoms with E-state index in [4.69, 9.17) is 0 Å². The summed E-state index contributed by atoms with van der Waals surface area (Å²) in [5.74, 6) is 0. The van der Waals surface area contributed by atoms with Crippen molar-refractivity contribution in [1.82, 2.24) is 10.2 Å². The summed E-state index contributed by atoms with van der Waals surface area (Å²) >= 11 is 0. The van der Waals surface area contributed by atoms with Crippen LogP contribution < -0.4 is 0 Å². The first-order valence-corrected chi connectivity index (χ1v) is 5.88. The summed E-state index contributed by atoms with van der Waals surface area (Å²) in [6.45, 7) is 8.37. The number of hydrogen-bond donors (Lipinski definition) is 1. The molecule has 0 aliphatic heterocycles. The van der Waals surface area contributed by atoms with Gasteiger partial charge in [0.25, 0.3) is 0 Å². The van der Waals surface area contributed by atoms with Crippen LogP contribution in [0.5, 0.6) is 0 Å². The van der Waals surface area contributed by atoms with Gasteiger partial charge in [0, 0.05) is 6.81 Å². The molecule has 0 atom stereocenters. The smallest absolute Gasteiger partial charge is 0.0659 e. The van der Waals surface area contributed by atoms with Crippen molar-refractivity contribution in [2.75, 3.05) is 0 Å². The van der Waals surface area contributed by atoms with Gasteiger partial charge in [-0.2, -0.15) is 5.10 Å². The van der Waals surface area contributed by atoms with Crippen molar-refractivity contribution < 1.29 is 1.43 Å². The molecule has 86 valence electrons. The fraction of sp³-hybridized carbons (Fsp3) is 0.357. The highest BCUT2D eigenvalue weighted by Gasteiger charge is 2.15. The minimum atomic E-state index is 0. The molecule has 2 heteroatoms. The van der Waals surface area contributed by atoms with Crippen LogP contribution in [-0.2, 0) is 6.42 Å². The van der Waals surface area contributed by atoms with Crippen LogP contribution in [0.1, 0.15) is 38.9 Å². The Kier molecular flexibility index (Phi) is 2.82. The highest BCUT2D eigenvalue weighted by Crippen LogP contribution is 2.31. The quantitative estimate of drug-likeness (QED) is 0.705. The van der Waals surface area contributed by atoms with Crippen LogP contribution in [0.2, 0.25) is 0 Å². The Morgan fingerprint density at radius 2 is 2.06 bits per heavy atom. The first-order valence-electron chi connectivity index (χ1n) is 5.88. The van der Waals surface area contributed by atoms with Crippen LogP contribution in [0.15, 0.2) is 17.8 Å². The molecule has 1 heterocycles. The van der Waals surface area contributed by atoms with Gasteiger partial charge in [-0.25, -0.2) is 0 Å². The molecule has 0 radical (unpaired) electrons. The summed E-state index contributed by atoms with van der Waals surface area (Å²) in [5, 5.41) is 8.36. The van der Waals surface area contributed by atoms with Crippen LogP contribution in [0.25, 0.3) is 17.0 Å². The molecule has 0 spiro atoms. The third kappa shape index (κ3) is 1.54. The van der Waals surface area contributed by atoms with E-state index < -0.39 is 0 Å². The number of aromatic amines is 1. The highest BCUT2D eigenvalue weighted by molar-refractivity contribution is 5.87.